The summed E-state index contributed by atoms with van der Waals surface area (Å²) < 4.78 is 50.3. The molecule has 0 saturated carbocycles. The van der Waals surface area contributed by atoms with E-state index in [0.29, 0.717) is 6.92 Å². The van der Waals surface area contributed by atoms with Crippen molar-refractivity contribution in [3.8, 4) is 11.1 Å². The number of carboxylic acid groups (broad SMARTS) is 1. The van der Waals surface area contributed by atoms with Gasteiger partial charge in [-0.3, -0.25) is 4.79 Å². The summed E-state index contributed by atoms with van der Waals surface area (Å²) >= 11 is 0. The lowest BCUT2D eigenvalue weighted by Gasteiger charge is -2.31. The van der Waals surface area contributed by atoms with Crippen molar-refractivity contribution >= 4 is 18.0 Å². The van der Waals surface area contributed by atoms with Crippen molar-refractivity contribution in [3.63, 3.8) is 0 Å². The van der Waals surface area contributed by atoms with Crippen LogP contribution in [-0.2, 0) is 19.1 Å². The van der Waals surface area contributed by atoms with Gasteiger partial charge in [-0.1, -0.05) is 48.5 Å². The van der Waals surface area contributed by atoms with Gasteiger partial charge in [0.2, 0.25) is 11.4 Å². The van der Waals surface area contributed by atoms with Crippen molar-refractivity contribution in [2.45, 2.75) is 43.6 Å². The van der Waals surface area contributed by atoms with Gasteiger partial charge in [-0.2, -0.15) is 13.2 Å². The zero-order chi connectivity index (χ0) is 26.0. The molecule has 8 nitrogen and oxygen atoms in total. The van der Waals surface area contributed by atoms with Crippen LogP contribution in [-0.4, -0.2) is 60.7 Å². The van der Waals surface area contributed by atoms with Gasteiger partial charge in [0.25, 0.3) is 0 Å². The number of methoxy groups -OCH3 is 1. The van der Waals surface area contributed by atoms with Crippen LogP contribution < -0.4 is 10.6 Å². The molecule has 3 atom stereocenters. The summed E-state index contributed by atoms with van der Waals surface area (Å²) in [6.07, 6.45) is -7.46. The molecule has 1 aliphatic rings. The van der Waals surface area contributed by atoms with Gasteiger partial charge in [-0.05, 0) is 36.1 Å². The van der Waals surface area contributed by atoms with E-state index in [1.165, 1.54) is 19.4 Å². The highest BCUT2D eigenvalue weighted by atomic mass is 19.4. The normalized spacial score (nSPS) is 16.3. The Labute approximate surface area is 199 Å². The highest BCUT2D eigenvalue weighted by Gasteiger charge is 2.59. The molecule has 3 N–H and O–H groups in total. The van der Waals surface area contributed by atoms with Crippen LogP contribution in [0, 0.1) is 0 Å². The average molecular weight is 494 g/mol. The minimum atomic E-state index is -5.29. The summed E-state index contributed by atoms with van der Waals surface area (Å²) in [6, 6.07) is 13.6. The number of alkyl halides is 3. The lowest BCUT2D eigenvalue weighted by molar-refractivity contribution is -0.207. The fourth-order valence-electron chi connectivity index (χ4n) is 3.87. The van der Waals surface area contributed by atoms with Gasteiger partial charge < -0.3 is 25.2 Å². The molecule has 188 valence electrons. The molecule has 0 spiro atoms. The Hall–Kier alpha value is -3.60. The summed E-state index contributed by atoms with van der Waals surface area (Å²) in [5.41, 5.74) is 0.329. The molecule has 0 bridgehead atoms. The second-order valence-corrected chi connectivity index (χ2v) is 8.31. The highest BCUT2D eigenvalue weighted by Crippen LogP contribution is 2.44. The number of carbonyl (C=O) groups is 3. The summed E-state index contributed by atoms with van der Waals surface area (Å²) in [4.78, 5) is 36.4. The lowest BCUT2D eigenvalue weighted by atomic mass is 9.98. The maximum absolute atomic E-state index is 13.3. The second-order valence-electron chi connectivity index (χ2n) is 8.31. The zero-order valence-corrected chi connectivity index (χ0v) is 19.2. The molecule has 3 rings (SSSR count). The number of hydrogen-bond donors (Lipinski definition) is 3. The average Bonchev–Trinajstić information content (AvgIpc) is 3.13. The number of hydrogen-bond acceptors (Lipinski definition) is 5. The predicted molar refractivity (Wildman–Crippen MR) is 119 cm³/mol. The number of benzene rings is 2. The molecule has 3 unspecified atom stereocenters. The molecule has 0 fully saturated rings. The van der Waals surface area contributed by atoms with Gasteiger partial charge in [0.05, 0.1) is 6.10 Å². The number of carbonyl (C=O) groups excluding carboxylic acids is 2. The molecule has 35 heavy (non-hydrogen) atoms. The molecule has 0 radical (unpaired) electrons. The first kappa shape index (κ1) is 26.0. The van der Waals surface area contributed by atoms with E-state index in [1.807, 2.05) is 48.5 Å². The van der Waals surface area contributed by atoms with E-state index in [2.05, 4.69) is 5.32 Å². The van der Waals surface area contributed by atoms with Crippen LogP contribution in [0.15, 0.2) is 48.5 Å². The number of rotatable bonds is 8. The third kappa shape index (κ3) is 5.09. The molecule has 0 aliphatic heterocycles. The Morgan fingerprint density at radius 1 is 1.03 bits per heavy atom. The van der Waals surface area contributed by atoms with Crippen molar-refractivity contribution in [2.75, 3.05) is 13.7 Å². The van der Waals surface area contributed by atoms with Crippen molar-refractivity contribution < 1.29 is 42.1 Å². The molecule has 11 heteroatoms. The standard InChI is InChI=1S/C24H25F3N2O6/c1-13(34-3)19(20(30)29-23(2,21(31)32)24(25,26)27)28-22(33)35-12-18-16-10-6-4-8-14(16)15-9-5-7-11-17(15)18/h4-11,13,18-19H,12H2,1-3H3,(H,28,33)(H,29,30)(H,31,32). The van der Waals surface area contributed by atoms with E-state index < -0.39 is 41.8 Å². The van der Waals surface area contributed by atoms with Crippen molar-refractivity contribution in [1.82, 2.24) is 10.6 Å². The molecular weight excluding hydrogens is 469 g/mol. The largest absolute Gasteiger partial charge is 0.479 e. The SMILES string of the molecule is COC(C)C(NC(=O)OCC1c2ccccc2-c2ccccc21)C(=O)NC(C)(C(=O)O)C(F)(F)F. The molecule has 1 aliphatic carbocycles. The number of nitrogens with one attached hydrogen (secondary N) is 2. The topological polar surface area (TPSA) is 114 Å². The predicted octanol–water partition coefficient (Wildman–Crippen LogP) is 3.45. The third-order valence-electron chi connectivity index (χ3n) is 6.11. The Bertz CT molecular complexity index is 1080. The van der Waals surface area contributed by atoms with Crippen molar-refractivity contribution in [2.24, 2.45) is 0 Å². The Morgan fingerprint density at radius 2 is 1.54 bits per heavy atom. The first-order valence-corrected chi connectivity index (χ1v) is 10.7. The van der Waals surface area contributed by atoms with Gasteiger partial charge in [-0.15, -0.1) is 0 Å². The Kier molecular flexibility index (Phi) is 7.39. The summed E-state index contributed by atoms with van der Waals surface area (Å²) in [5, 5.41) is 12.7. The summed E-state index contributed by atoms with van der Waals surface area (Å²) in [5.74, 6) is -3.97. The van der Waals surface area contributed by atoms with E-state index in [-0.39, 0.29) is 12.5 Å². The van der Waals surface area contributed by atoms with Crippen LogP contribution in [0.3, 0.4) is 0 Å². The van der Waals surface area contributed by atoms with Crippen LogP contribution in [0.4, 0.5) is 18.0 Å². The Balaban J connectivity index is 1.73. The molecule has 2 aromatic carbocycles. The van der Waals surface area contributed by atoms with Crippen LogP contribution in [0.25, 0.3) is 11.1 Å². The summed E-state index contributed by atoms with van der Waals surface area (Å²) in [7, 11) is 1.19. The van der Waals surface area contributed by atoms with E-state index in [0.717, 1.165) is 22.3 Å². The van der Waals surface area contributed by atoms with E-state index in [1.54, 1.807) is 0 Å². The van der Waals surface area contributed by atoms with Crippen LogP contribution in [0.2, 0.25) is 0 Å². The van der Waals surface area contributed by atoms with Gasteiger partial charge in [0, 0.05) is 13.0 Å². The minimum Gasteiger partial charge on any atom is -0.479 e. The lowest BCUT2D eigenvalue weighted by Crippen LogP contribution is -2.66. The smallest absolute Gasteiger partial charge is 0.422 e. The quantitative estimate of drug-likeness (QED) is 0.518. The molecular formula is C24H25F3N2O6. The second kappa shape index (κ2) is 9.95. The van der Waals surface area contributed by atoms with Crippen LogP contribution >= 0.6 is 0 Å². The maximum Gasteiger partial charge on any atom is 0.422 e. The van der Waals surface area contributed by atoms with E-state index >= 15 is 0 Å². The fraction of sp³-hybridized carbons (Fsp3) is 0.375. The maximum atomic E-state index is 13.3. The zero-order valence-electron chi connectivity index (χ0n) is 19.2. The highest BCUT2D eigenvalue weighted by molar-refractivity contribution is 5.92. The van der Waals surface area contributed by atoms with E-state index in [9.17, 15) is 27.6 Å². The monoisotopic (exact) mass is 494 g/mol. The minimum absolute atomic E-state index is 0.0923. The number of halogens is 3. The third-order valence-corrected chi connectivity index (χ3v) is 6.11. The molecule has 0 heterocycles. The number of amides is 2. The number of fused-ring (bicyclic) bond motifs is 3. The Morgan fingerprint density at radius 3 is 2.00 bits per heavy atom. The van der Waals surface area contributed by atoms with Gasteiger partial charge >= 0.3 is 18.2 Å². The van der Waals surface area contributed by atoms with Crippen LogP contribution in [0.1, 0.15) is 30.9 Å². The van der Waals surface area contributed by atoms with Gasteiger partial charge in [-0.25, -0.2) is 9.59 Å². The molecule has 2 aromatic rings. The number of aliphatic carboxylic acids is 1. The summed E-state index contributed by atoms with van der Waals surface area (Å²) in [6.45, 7) is 1.56. The van der Waals surface area contributed by atoms with Gasteiger partial charge in [0.1, 0.15) is 12.6 Å². The van der Waals surface area contributed by atoms with Crippen LogP contribution in [0.5, 0.6) is 0 Å². The number of alkyl carbamates (subject to hydrolysis) is 1. The van der Waals surface area contributed by atoms with Gasteiger partial charge in [0.15, 0.2) is 0 Å². The van der Waals surface area contributed by atoms with Crippen molar-refractivity contribution in [3.05, 3.63) is 59.7 Å². The number of ether oxygens (including phenoxy) is 2. The van der Waals surface area contributed by atoms with Crippen molar-refractivity contribution in [1.29, 1.82) is 0 Å². The first-order valence-electron chi connectivity index (χ1n) is 10.7. The first-order chi connectivity index (χ1) is 16.4. The molecule has 0 aromatic heterocycles. The van der Waals surface area contributed by atoms with E-state index in [4.69, 9.17) is 14.6 Å². The number of carboxylic acids is 1. The fourth-order valence-corrected chi connectivity index (χ4v) is 3.87. The molecule has 0 saturated heterocycles. The molecule has 2 amide bonds.